The van der Waals surface area contributed by atoms with Crippen molar-refractivity contribution < 1.29 is 51.6 Å². The molecule has 9 nitrogen and oxygen atoms in total. The second-order valence-electron chi connectivity index (χ2n) is 8.28. The van der Waals surface area contributed by atoms with Gasteiger partial charge < -0.3 is 29.7 Å². The maximum atomic E-state index is 13.8. The lowest BCUT2D eigenvalue weighted by Gasteiger charge is -2.18. The first-order valence-corrected chi connectivity index (χ1v) is 11.8. The maximum absolute atomic E-state index is 13.8. The van der Waals surface area contributed by atoms with Crippen LogP contribution in [-0.4, -0.2) is 67.0 Å². The van der Waals surface area contributed by atoms with Crippen LogP contribution in [0.15, 0.2) is 48.5 Å². The van der Waals surface area contributed by atoms with Crippen molar-refractivity contribution in [3.63, 3.8) is 0 Å². The van der Waals surface area contributed by atoms with Crippen LogP contribution < -0.4 is 19.5 Å². The van der Waals surface area contributed by atoms with Crippen molar-refractivity contribution in [1.29, 1.82) is 0 Å². The molecular formula is C27H26F4N2O7. The number of carbonyl (C=O) groups is 2. The molecule has 3 N–H and O–H groups in total. The lowest BCUT2D eigenvalue weighted by atomic mass is 10.0. The monoisotopic (exact) mass is 566 g/mol. The molecule has 0 saturated heterocycles. The number of methoxy groups -OCH3 is 2. The Bertz CT molecular complexity index is 1370. The summed E-state index contributed by atoms with van der Waals surface area (Å²) in [6.07, 6.45) is -5.17. The molecule has 1 amide bonds. The predicted molar refractivity (Wildman–Crippen MR) is 134 cm³/mol. The number of nitrogens with one attached hydrogen (secondary N) is 1. The summed E-state index contributed by atoms with van der Waals surface area (Å²) in [4.78, 5) is 30.4. The second kappa shape index (κ2) is 13.2. The van der Waals surface area contributed by atoms with Crippen molar-refractivity contribution in [3.05, 3.63) is 71.2 Å². The van der Waals surface area contributed by atoms with E-state index in [4.69, 9.17) is 19.3 Å². The molecular weight excluding hydrogens is 540 g/mol. The molecule has 3 aromatic rings. The average molecular weight is 567 g/mol. The number of amides is 1. The highest BCUT2D eigenvalue weighted by molar-refractivity contribution is 6.03. The second-order valence-corrected chi connectivity index (χ2v) is 8.28. The summed E-state index contributed by atoms with van der Waals surface area (Å²) in [6.45, 7) is -0.715. The van der Waals surface area contributed by atoms with E-state index in [1.165, 1.54) is 44.6 Å². The zero-order valence-electron chi connectivity index (χ0n) is 21.4. The molecule has 0 unspecified atom stereocenters. The summed E-state index contributed by atoms with van der Waals surface area (Å²) in [5, 5.41) is 21.0. The number of rotatable bonds is 12. The third-order valence-electron chi connectivity index (χ3n) is 5.69. The van der Waals surface area contributed by atoms with Gasteiger partial charge >= 0.3 is 6.18 Å². The minimum absolute atomic E-state index is 0.00126. The van der Waals surface area contributed by atoms with Crippen LogP contribution in [0.5, 0.6) is 17.2 Å². The van der Waals surface area contributed by atoms with E-state index in [2.05, 4.69) is 10.3 Å². The first-order valence-electron chi connectivity index (χ1n) is 11.8. The zero-order chi connectivity index (χ0) is 29.4. The quantitative estimate of drug-likeness (QED) is 0.224. The minimum atomic E-state index is -4.97. The Morgan fingerprint density at radius 1 is 0.950 bits per heavy atom. The van der Waals surface area contributed by atoms with Crippen LogP contribution in [0.1, 0.15) is 32.8 Å². The molecule has 13 heteroatoms. The van der Waals surface area contributed by atoms with Crippen molar-refractivity contribution >= 4 is 11.7 Å². The molecule has 0 aliphatic rings. The summed E-state index contributed by atoms with van der Waals surface area (Å²) >= 11 is 0. The SMILES string of the molecule is COc1cc(C(=O)N[C@@H](CCO)C(=O)c2ccc(OC)c(-c3ccc(F)c(C(F)(F)F)c3)n2)ccc1OCCO. The van der Waals surface area contributed by atoms with Gasteiger partial charge in [0.1, 0.15) is 29.6 Å². The number of ketones is 1. The van der Waals surface area contributed by atoms with Gasteiger partial charge in [0.15, 0.2) is 11.5 Å². The Hall–Kier alpha value is -4.23. The van der Waals surface area contributed by atoms with Gasteiger partial charge in [-0.1, -0.05) is 0 Å². The van der Waals surface area contributed by atoms with Crippen LogP contribution in [-0.2, 0) is 6.18 Å². The number of hydrogen-bond acceptors (Lipinski definition) is 8. The molecule has 214 valence electrons. The van der Waals surface area contributed by atoms with Crippen LogP contribution in [0.25, 0.3) is 11.3 Å². The largest absolute Gasteiger partial charge is 0.494 e. The lowest BCUT2D eigenvalue weighted by molar-refractivity contribution is -0.139. The molecule has 1 aromatic heterocycles. The van der Waals surface area contributed by atoms with E-state index in [0.717, 1.165) is 6.07 Å². The molecule has 40 heavy (non-hydrogen) atoms. The molecule has 0 fully saturated rings. The molecule has 0 saturated carbocycles. The van der Waals surface area contributed by atoms with E-state index in [9.17, 15) is 32.3 Å². The van der Waals surface area contributed by atoms with Gasteiger partial charge in [-0.05, 0) is 55.0 Å². The van der Waals surface area contributed by atoms with Gasteiger partial charge in [-0.25, -0.2) is 9.37 Å². The lowest BCUT2D eigenvalue weighted by Crippen LogP contribution is -2.41. The van der Waals surface area contributed by atoms with Crippen LogP contribution in [0.2, 0.25) is 0 Å². The van der Waals surface area contributed by atoms with Crippen molar-refractivity contribution in [2.24, 2.45) is 0 Å². The Labute approximate surface area is 226 Å². The van der Waals surface area contributed by atoms with Crippen molar-refractivity contribution in [2.45, 2.75) is 18.6 Å². The van der Waals surface area contributed by atoms with E-state index in [-0.39, 0.29) is 59.4 Å². The summed E-state index contributed by atoms with van der Waals surface area (Å²) in [6, 6.07) is 7.77. The molecule has 0 spiro atoms. The number of Topliss-reactive ketones (excluding diaryl/α,β-unsaturated/α-hetero) is 1. The van der Waals surface area contributed by atoms with Crippen molar-refractivity contribution in [1.82, 2.24) is 10.3 Å². The number of ether oxygens (including phenoxy) is 3. The Balaban J connectivity index is 1.92. The fourth-order valence-corrected chi connectivity index (χ4v) is 3.75. The normalized spacial score (nSPS) is 12.0. The standard InChI is InChI=1S/C27H26F4N2O7/c1-38-22-8-6-19(32-24(22)15-3-5-18(28)17(13-15)27(29,30)31)25(36)20(9-10-34)33-26(37)16-4-7-21(40-12-11-35)23(14-16)39-2/h3-8,13-14,20,34-35H,9-12H2,1-2H3,(H,33,37)/t20-/m0/s1. The van der Waals surface area contributed by atoms with E-state index < -0.39 is 41.9 Å². The van der Waals surface area contributed by atoms with E-state index in [0.29, 0.717) is 12.1 Å². The molecule has 0 bridgehead atoms. The fraction of sp³-hybridized carbons (Fsp3) is 0.296. The zero-order valence-corrected chi connectivity index (χ0v) is 21.4. The third-order valence-corrected chi connectivity index (χ3v) is 5.69. The van der Waals surface area contributed by atoms with Gasteiger partial charge in [0.05, 0.1) is 32.4 Å². The molecule has 1 atom stereocenters. The van der Waals surface area contributed by atoms with Gasteiger partial charge in [-0.2, -0.15) is 13.2 Å². The Kier molecular flexibility index (Phi) is 10.0. The average Bonchev–Trinajstić information content (AvgIpc) is 2.94. The number of hydrogen-bond donors (Lipinski definition) is 3. The number of aliphatic hydroxyl groups is 2. The number of pyridine rings is 1. The van der Waals surface area contributed by atoms with Gasteiger partial charge in [-0.15, -0.1) is 0 Å². The third kappa shape index (κ3) is 7.04. The molecule has 1 heterocycles. The molecule has 0 radical (unpaired) electrons. The van der Waals surface area contributed by atoms with E-state index in [1.807, 2.05) is 0 Å². The van der Waals surface area contributed by atoms with Crippen LogP contribution in [0.4, 0.5) is 17.6 Å². The minimum Gasteiger partial charge on any atom is -0.494 e. The molecule has 0 aliphatic carbocycles. The smallest absolute Gasteiger partial charge is 0.419 e. The molecule has 0 aliphatic heterocycles. The number of carbonyl (C=O) groups excluding carboxylic acids is 2. The van der Waals surface area contributed by atoms with E-state index in [1.54, 1.807) is 0 Å². The van der Waals surface area contributed by atoms with Gasteiger partial charge in [-0.3, -0.25) is 9.59 Å². The van der Waals surface area contributed by atoms with E-state index >= 15 is 0 Å². The number of nitrogens with zero attached hydrogens (tertiary/aromatic N) is 1. The van der Waals surface area contributed by atoms with Gasteiger partial charge in [0.25, 0.3) is 5.91 Å². The highest BCUT2D eigenvalue weighted by atomic mass is 19.4. The van der Waals surface area contributed by atoms with Crippen molar-refractivity contribution in [3.8, 4) is 28.5 Å². The number of halogens is 4. The topological polar surface area (TPSA) is 127 Å². The fourth-order valence-electron chi connectivity index (χ4n) is 3.75. The predicted octanol–water partition coefficient (Wildman–Crippen LogP) is 3.66. The number of aromatic nitrogens is 1. The Morgan fingerprint density at radius 2 is 1.65 bits per heavy atom. The molecule has 2 aromatic carbocycles. The first-order chi connectivity index (χ1) is 19.0. The number of alkyl halides is 3. The highest BCUT2D eigenvalue weighted by Gasteiger charge is 2.35. The van der Waals surface area contributed by atoms with Crippen LogP contribution in [0, 0.1) is 5.82 Å². The maximum Gasteiger partial charge on any atom is 0.419 e. The summed E-state index contributed by atoms with van der Waals surface area (Å²) in [5.41, 5.74) is -1.97. The Morgan fingerprint density at radius 3 is 2.27 bits per heavy atom. The number of aliphatic hydroxyl groups excluding tert-OH is 2. The first kappa shape index (κ1) is 30.3. The summed E-state index contributed by atoms with van der Waals surface area (Å²) < 4.78 is 69.4. The van der Waals surface area contributed by atoms with Crippen LogP contribution >= 0.6 is 0 Å². The summed E-state index contributed by atoms with van der Waals surface area (Å²) in [5.74, 6) is -2.40. The van der Waals surface area contributed by atoms with Gasteiger partial charge in [0.2, 0.25) is 5.78 Å². The summed E-state index contributed by atoms with van der Waals surface area (Å²) in [7, 11) is 2.60. The highest BCUT2D eigenvalue weighted by Crippen LogP contribution is 2.36. The number of benzene rings is 2. The molecule has 3 rings (SSSR count). The van der Waals surface area contributed by atoms with Gasteiger partial charge in [0, 0.05) is 17.7 Å². The van der Waals surface area contributed by atoms with Crippen LogP contribution in [0.3, 0.4) is 0 Å². The van der Waals surface area contributed by atoms with Crippen molar-refractivity contribution in [2.75, 3.05) is 34.0 Å².